The number of hydrogen-bond acceptors (Lipinski definition) is 7. The number of halogens is 2. The smallest absolute Gasteiger partial charge is 0.296 e. The fraction of sp³-hybridized carbons (Fsp3) is 0.613. The molecule has 3 aromatic rings. The Morgan fingerprint density at radius 2 is 1.83 bits per heavy atom. The van der Waals surface area contributed by atoms with Gasteiger partial charge >= 0.3 is 0 Å². The van der Waals surface area contributed by atoms with E-state index in [0.29, 0.717) is 61.3 Å². The first-order chi connectivity index (χ1) is 20.5. The van der Waals surface area contributed by atoms with Crippen molar-refractivity contribution < 1.29 is 18.3 Å². The maximum Gasteiger partial charge on any atom is 0.296 e. The van der Waals surface area contributed by atoms with Crippen LogP contribution in [0.3, 0.4) is 0 Å². The maximum absolute atomic E-state index is 14.1. The van der Waals surface area contributed by atoms with Crippen LogP contribution in [0.1, 0.15) is 69.4 Å². The van der Waals surface area contributed by atoms with Crippen LogP contribution in [-0.2, 0) is 16.0 Å². The summed E-state index contributed by atoms with van der Waals surface area (Å²) in [6, 6.07) is 9.25. The molecular formula is C31H41F2N7O2. The topological polar surface area (TPSA) is 97.2 Å². The first-order valence-electron chi connectivity index (χ1n) is 15.5. The Hall–Kier alpha value is -3.18. The number of alkyl halides is 2. The monoisotopic (exact) mass is 581 g/mol. The molecular weight excluding hydrogens is 540 g/mol. The lowest BCUT2D eigenvalue weighted by atomic mass is 9.83. The predicted molar refractivity (Wildman–Crippen MR) is 157 cm³/mol. The summed E-state index contributed by atoms with van der Waals surface area (Å²) in [6.45, 7) is 4.39. The molecule has 0 radical (unpaired) electrons. The first kappa shape index (κ1) is 28.9. The summed E-state index contributed by atoms with van der Waals surface area (Å²) in [5.41, 5.74) is 1.12. The van der Waals surface area contributed by atoms with Gasteiger partial charge in [-0.1, -0.05) is 18.6 Å². The van der Waals surface area contributed by atoms with E-state index >= 15 is 0 Å². The van der Waals surface area contributed by atoms with Crippen LogP contribution in [0, 0.1) is 11.8 Å². The number of piperidine rings is 1. The SMILES string of the molecule is O=C(NC1CCC(CCCc2nc(N3CCOCC3)cc(-n3c(C(F)F)nc4ccccc43)n2)CC1)[C@@H]1CCCNC1. The van der Waals surface area contributed by atoms with Crippen molar-refractivity contribution in [3.63, 3.8) is 0 Å². The van der Waals surface area contributed by atoms with Crippen LogP contribution in [-0.4, -0.2) is 70.9 Å². The third-order valence-electron chi connectivity index (χ3n) is 8.97. The molecule has 1 saturated carbocycles. The number of para-hydroxylation sites is 2. The summed E-state index contributed by atoms with van der Waals surface area (Å²) < 4.78 is 35.3. The molecule has 0 bridgehead atoms. The van der Waals surface area contributed by atoms with Gasteiger partial charge in [-0.15, -0.1) is 0 Å². The van der Waals surface area contributed by atoms with Gasteiger partial charge in [-0.3, -0.25) is 9.36 Å². The Labute approximate surface area is 245 Å². The second-order valence-corrected chi connectivity index (χ2v) is 11.9. The second-order valence-electron chi connectivity index (χ2n) is 11.9. The number of fused-ring (bicyclic) bond motifs is 1. The van der Waals surface area contributed by atoms with Crippen molar-refractivity contribution in [3.05, 3.63) is 42.0 Å². The number of anilines is 1. The number of aryl methyl sites for hydroxylation is 1. The zero-order chi connectivity index (χ0) is 28.9. The summed E-state index contributed by atoms with van der Waals surface area (Å²) in [5.74, 6) is 2.44. The molecule has 2 N–H and O–H groups in total. The third-order valence-corrected chi connectivity index (χ3v) is 8.97. The highest BCUT2D eigenvalue weighted by Crippen LogP contribution is 2.31. The summed E-state index contributed by atoms with van der Waals surface area (Å²) in [7, 11) is 0. The van der Waals surface area contributed by atoms with E-state index in [1.165, 1.54) is 4.57 Å². The molecule has 2 aromatic heterocycles. The van der Waals surface area contributed by atoms with E-state index in [4.69, 9.17) is 14.7 Å². The van der Waals surface area contributed by atoms with Gasteiger partial charge in [0.05, 0.1) is 30.2 Å². The molecule has 2 saturated heterocycles. The van der Waals surface area contributed by atoms with Gasteiger partial charge in [0.2, 0.25) is 5.91 Å². The number of imidazole rings is 1. The van der Waals surface area contributed by atoms with E-state index in [0.717, 1.165) is 70.3 Å². The Morgan fingerprint density at radius 1 is 1.05 bits per heavy atom. The zero-order valence-electron chi connectivity index (χ0n) is 24.1. The number of rotatable bonds is 9. The van der Waals surface area contributed by atoms with E-state index in [1.54, 1.807) is 24.3 Å². The second kappa shape index (κ2) is 13.4. The van der Waals surface area contributed by atoms with Crippen LogP contribution in [0.25, 0.3) is 16.9 Å². The summed E-state index contributed by atoms with van der Waals surface area (Å²) in [6.07, 6.45) is 6.22. The van der Waals surface area contributed by atoms with Crippen LogP contribution in [0.4, 0.5) is 14.6 Å². The van der Waals surface area contributed by atoms with Crippen molar-refractivity contribution >= 4 is 22.8 Å². The molecule has 42 heavy (non-hydrogen) atoms. The quantitative estimate of drug-likeness (QED) is 0.382. The molecule has 3 aliphatic rings. The lowest BCUT2D eigenvalue weighted by Gasteiger charge is -2.31. The lowest BCUT2D eigenvalue weighted by Crippen LogP contribution is -2.45. The standard InChI is InChI=1S/C31H41F2N7O2/c32-29(33)30-36-24-7-1-2-8-25(24)40(30)28-19-27(39-15-17-42-18-16-39)37-26(38-28)9-3-5-21-10-12-23(13-11-21)35-31(41)22-6-4-14-34-20-22/h1-2,7-8,19,21-23,29,34H,3-6,9-18,20H2,(H,35,41)/t21?,22-,23?/m1/s1. The van der Waals surface area contributed by atoms with Crippen molar-refractivity contribution in [1.29, 1.82) is 0 Å². The number of nitrogens with zero attached hydrogens (tertiary/aromatic N) is 5. The van der Waals surface area contributed by atoms with Gasteiger partial charge < -0.3 is 20.3 Å². The Bertz CT molecular complexity index is 1350. The van der Waals surface area contributed by atoms with Crippen molar-refractivity contribution in [2.24, 2.45) is 11.8 Å². The molecule has 4 heterocycles. The number of morpholine rings is 1. The zero-order valence-corrected chi connectivity index (χ0v) is 24.1. The number of aromatic nitrogens is 4. The Balaban J connectivity index is 1.12. The highest BCUT2D eigenvalue weighted by atomic mass is 19.3. The summed E-state index contributed by atoms with van der Waals surface area (Å²) >= 11 is 0. The molecule has 1 aliphatic carbocycles. The average molecular weight is 582 g/mol. The highest BCUT2D eigenvalue weighted by molar-refractivity contribution is 5.79. The minimum Gasteiger partial charge on any atom is -0.378 e. The molecule has 9 nitrogen and oxygen atoms in total. The normalized spacial score (nSPS) is 23.4. The van der Waals surface area contributed by atoms with E-state index in [-0.39, 0.29) is 23.7 Å². The number of nitrogens with one attached hydrogen (secondary N) is 2. The van der Waals surface area contributed by atoms with Crippen molar-refractivity contribution in [1.82, 2.24) is 30.2 Å². The fourth-order valence-electron chi connectivity index (χ4n) is 6.62. The molecule has 3 fully saturated rings. The van der Waals surface area contributed by atoms with Crippen molar-refractivity contribution in [2.45, 2.75) is 70.3 Å². The number of benzene rings is 1. The predicted octanol–water partition coefficient (Wildman–Crippen LogP) is 4.59. The van der Waals surface area contributed by atoms with Crippen LogP contribution in [0.15, 0.2) is 30.3 Å². The van der Waals surface area contributed by atoms with Gasteiger partial charge in [-0.05, 0) is 69.5 Å². The van der Waals surface area contributed by atoms with Gasteiger partial charge in [0.1, 0.15) is 17.5 Å². The number of hydrogen-bond donors (Lipinski definition) is 2. The minimum atomic E-state index is -2.73. The van der Waals surface area contributed by atoms with E-state index in [2.05, 4.69) is 20.5 Å². The van der Waals surface area contributed by atoms with E-state index in [1.807, 2.05) is 6.07 Å². The molecule has 1 amide bonds. The van der Waals surface area contributed by atoms with E-state index in [9.17, 15) is 13.6 Å². The maximum atomic E-state index is 14.1. The van der Waals surface area contributed by atoms with Crippen molar-refractivity contribution in [3.8, 4) is 5.82 Å². The van der Waals surface area contributed by atoms with Gasteiger partial charge in [0.15, 0.2) is 5.82 Å². The Morgan fingerprint density at radius 3 is 2.60 bits per heavy atom. The molecule has 1 atom stereocenters. The minimum absolute atomic E-state index is 0.103. The molecule has 226 valence electrons. The van der Waals surface area contributed by atoms with Gasteiger partial charge in [-0.2, -0.15) is 0 Å². The van der Waals surface area contributed by atoms with Crippen LogP contribution in [0.2, 0.25) is 0 Å². The van der Waals surface area contributed by atoms with Gasteiger partial charge in [-0.25, -0.2) is 23.7 Å². The van der Waals surface area contributed by atoms with Crippen LogP contribution < -0.4 is 15.5 Å². The molecule has 11 heteroatoms. The van der Waals surface area contributed by atoms with Crippen LogP contribution >= 0.6 is 0 Å². The largest absolute Gasteiger partial charge is 0.378 e. The lowest BCUT2D eigenvalue weighted by molar-refractivity contribution is -0.126. The average Bonchev–Trinajstić information content (AvgIpc) is 3.43. The summed E-state index contributed by atoms with van der Waals surface area (Å²) in [4.78, 5) is 28.7. The number of ether oxygens (including phenoxy) is 1. The first-order valence-corrected chi connectivity index (χ1v) is 15.5. The van der Waals surface area contributed by atoms with Crippen LogP contribution in [0.5, 0.6) is 0 Å². The number of amides is 1. The third kappa shape index (κ3) is 6.72. The fourth-order valence-corrected chi connectivity index (χ4v) is 6.62. The van der Waals surface area contributed by atoms with E-state index < -0.39 is 6.43 Å². The molecule has 6 rings (SSSR count). The molecule has 1 aromatic carbocycles. The van der Waals surface area contributed by atoms with Crippen molar-refractivity contribution in [2.75, 3.05) is 44.3 Å². The number of carbonyl (C=O) groups excluding carboxylic acids is 1. The molecule has 0 unspecified atom stereocenters. The van der Waals surface area contributed by atoms with Gasteiger partial charge in [0, 0.05) is 38.2 Å². The summed E-state index contributed by atoms with van der Waals surface area (Å²) in [5, 5.41) is 6.63. The highest BCUT2D eigenvalue weighted by Gasteiger charge is 2.27. The number of carbonyl (C=O) groups is 1. The Kier molecular flexibility index (Phi) is 9.24. The molecule has 2 aliphatic heterocycles. The van der Waals surface area contributed by atoms with Gasteiger partial charge in [0.25, 0.3) is 6.43 Å². The molecule has 0 spiro atoms.